The minimum atomic E-state index is -0.562. The summed E-state index contributed by atoms with van der Waals surface area (Å²) in [6.45, 7) is 0. The number of hydrogen-bond donors (Lipinski definition) is 1. The van der Waals surface area contributed by atoms with Crippen LogP contribution < -0.4 is 5.32 Å². The topological polar surface area (TPSA) is 12.0 Å². The van der Waals surface area contributed by atoms with Crippen molar-refractivity contribution >= 4 is 33.4 Å². The van der Waals surface area contributed by atoms with Crippen molar-refractivity contribution in [2.24, 2.45) is 0 Å². The van der Waals surface area contributed by atoms with E-state index >= 15 is 0 Å². The van der Waals surface area contributed by atoms with E-state index < -0.39 is 11.6 Å². The molecule has 1 aromatic carbocycles. The lowest BCUT2D eigenvalue weighted by atomic mass is 10.1. The van der Waals surface area contributed by atoms with E-state index in [9.17, 15) is 8.78 Å². The number of anilines is 1. The van der Waals surface area contributed by atoms with Crippen LogP contribution in [0.1, 0.15) is 12.8 Å². The van der Waals surface area contributed by atoms with Gasteiger partial charge in [0.15, 0.2) is 0 Å². The SMILES string of the molecule is Fc1cc(F)c(NC2CCCSC2)c(Br)c1. The second-order valence-electron chi connectivity index (χ2n) is 3.80. The van der Waals surface area contributed by atoms with Crippen molar-refractivity contribution in [2.75, 3.05) is 16.8 Å². The molecule has 1 heterocycles. The second-order valence-corrected chi connectivity index (χ2v) is 5.81. The van der Waals surface area contributed by atoms with Crippen molar-refractivity contribution in [1.82, 2.24) is 0 Å². The predicted octanol–water partition coefficient (Wildman–Crippen LogP) is 4.03. The summed E-state index contributed by atoms with van der Waals surface area (Å²) in [4.78, 5) is 0. The predicted molar refractivity (Wildman–Crippen MR) is 68.0 cm³/mol. The monoisotopic (exact) mass is 307 g/mol. The van der Waals surface area contributed by atoms with Gasteiger partial charge in [-0.05, 0) is 40.6 Å². The average molecular weight is 308 g/mol. The van der Waals surface area contributed by atoms with Gasteiger partial charge in [-0.2, -0.15) is 11.8 Å². The number of rotatable bonds is 2. The summed E-state index contributed by atoms with van der Waals surface area (Å²) < 4.78 is 26.9. The first-order valence-corrected chi connectivity index (χ1v) is 7.10. The van der Waals surface area contributed by atoms with Crippen LogP contribution in [0.5, 0.6) is 0 Å². The third-order valence-electron chi connectivity index (χ3n) is 2.52. The van der Waals surface area contributed by atoms with E-state index in [4.69, 9.17) is 0 Å². The van der Waals surface area contributed by atoms with E-state index in [-0.39, 0.29) is 6.04 Å². The van der Waals surface area contributed by atoms with Crippen molar-refractivity contribution in [2.45, 2.75) is 18.9 Å². The molecule has 5 heteroatoms. The molecule has 2 rings (SSSR count). The molecule has 1 nitrogen and oxygen atoms in total. The highest BCUT2D eigenvalue weighted by atomic mass is 79.9. The van der Waals surface area contributed by atoms with Gasteiger partial charge in [0.25, 0.3) is 0 Å². The molecule has 1 aromatic rings. The Morgan fingerprint density at radius 3 is 2.81 bits per heavy atom. The van der Waals surface area contributed by atoms with Crippen LogP contribution in [0, 0.1) is 11.6 Å². The van der Waals surface area contributed by atoms with Gasteiger partial charge >= 0.3 is 0 Å². The summed E-state index contributed by atoms with van der Waals surface area (Å²) >= 11 is 5.04. The normalized spacial score (nSPS) is 20.8. The molecule has 0 saturated carbocycles. The number of hydrogen-bond acceptors (Lipinski definition) is 2. The highest BCUT2D eigenvalue weighted by Gasteiger charge is 2.17. The summed E-state index contributed by atoms with van der Waals surface area (Å²) in [5.74, 6) is 1.05. The van der Waals surface area contributed by atoms with E-state index in [1.807, 2.05) is 11.8 Å². The van der Waals surface area contributed by atoms with E-state index in [1.54, 1.807) is 0 Å². The van der Waals surface area contributed by atoms with Gasteiger partial charge in [0.2, 0.25) is 0 Å². The van der Waals surface area contributed by atoms with Crippen molar-refractivity contribution in [3.63, 3.8) is 0 Å². The molecular formula is C11H12BrF2NS. The van der Waals surface area contributed by atoms with Crippen LogP contribution in [0.15, 0.2) is 16.6 Å². The minimum Gasteiger partial charge on any atom is -0.378 e. The Kier molecular flexibility index (Phi) is 4.08. The molecule has 1 N–H and O–H groups in total. The first-order valence-electron chi connectivity index (χ1n) is 5.15. The largest absolute Gasteiger partial charge is 0.378 e. The number of thioether (sulfide) groups is 1. The van der Waals surface area contributed by atoms with Crippen LogP contribution in [-0.2, 0) is 0 Å². The molecule has 0 radical (unpaired) electrons. The molecule has 0 aliphatic carbocycles. The molecule has 0 spiro atoms. The molecule has 0 bridgehead atoms. The first kappa shape index (κ1) is 12.2. The van der Waals surface area contributed by atoms with Crippen LogP contribution in [-0.4, -0.2) is 17.5 Å². The van der Waals surface area contributed by atoms with E-state index in [2.05, 4.69) is 21.2 Å². The maximum Gasteiger partial charge on any atom is 0.150 e. The van der Waals surface area contributed by atoms with Crippen molar-refractivity contribution in [3.8, 4) is 0 Å². The Morgan fingerprint density at radius 1 is 1.38 bits per heavy atom. The van der Waals surface area contributed by atoms with Crippen molar-refractivity contribution < 1.29 is 8.78 Å². The molecule has 1 unspecified atom stereocenters. The highest BCUT2D eigenvalue weighted by molar-refractivity contribution is 9.10. The van der Waals surface area contributed by atoms with Crippen LogP contribution >= 0.6 is 27.7 Å². The van der Waals surface area contributed by atoms with E-state index in [0.29, 0.717) is 10.2 Å². The fraction of sp³-hybridized carbons (Fsp3) is 0.455. The van der Waals surface area contributed by atoms with Crippen molar-refractivity contribution in [1.29, 1.82) is 0 Å². The van der Waals surface area contributed by atoms with Gasteiger partial charge in [0.1, 0.15) is 11.6 Å². The molecule has 0 aromatic heterocycles. The summed E-state index contributed by atoms with van der Waals surface area (Å²) in [5.41, 5.74) is 0.369. The standard InChI is InChI=1S/C11H12BrF2NS/c12-9-4-7(13)5-10(14)11(9)15-8-2-1-3-16-6-8/h4-5,8,15H,1-3,6H2. The van der Waals surface area contributed by atoms with Gasteiger partial charge in [-0.1, -0.05) is 0 Å². The van der Waals surface area contributed by atoms with Gasteiger partial charge in [0, 0.05) is 22.3 Å². The Hall–Kier alpha value is -0.290. The lowest BCUT2D eigenvalue weighted by Crippen LogP contribution is -2.26. The summed E-state index contributed by atoms with van der Waals surface area (Å²) in [5, 5.41) is 3.14. The zero-order valence-electron chi connectivity index (χ0n) is 8.60. The van der Waals surface area contributed by atoms with Crippen LogP contribution in [0.25, 0.3) is 0 Å². The van der Waals surface area contributed by atoms with Gasteiger partial charge in [-0.15, -0.1) is 0 Å². The average Bonchev–Trinajstić information content (AvgIpc) is 2.25. The lowest BCUT2D eigenvalue weighted by Gasteiger charge is -2.24. The number of halogens is 3. The third kappa shape index (κ3) is 2.88. The Labute approximate surface area is 106 Å². The molecule has 16 heavy (non-hydrogen) atoms. The quantitative estimate of drug-likeness (QED) is 0.885. The zero-order chi connectivity index (χ0) is 11.5. The smallest absolute Gasteiger partial charge is 0.150 e. The molecule has 0 amide bonds. The maximum atomic E-state index is 13.5. The van der Waals surface area contributed by atoms with E-state index in [0.717, 1.165) is 24.7 Å². The molecule has 1 aliphatic rings. The van der Waals surface area contributed by atoms with Gasteiger partial charge in [-0.3, -0.25) is 0 Å². The van der Waals surface area contributed by atoms with Gasteiger partial charge < -0.3 is 5.32 Å². The fourth-order valence-corrected chi connectivity index (χ4v) is 3.33. The lowest BCUT2D eigenvalue weighted by molar-refractivity contribution is 0.580. The Morgan fingerprint density at radius 2 is 2.19 bits per heavy atom. The molecule has 88 valence electrons. The zero-order valence-corrected chi connectivity index (χ0v) is 11.0. The molecule has 1 fully saturated rings. The van der Waals surface area contributed by atoms with Crippen LogP contribution in [0.4, 0.5) is 14.5 Å². The van der Waals surface area contributed by atoms with Gasteiger partial charge in [-0.25, -0.2) is 8.78 Å². The third-order valence-corrected chi connectivity index (χ3v) is 4.36. The summed E-state index contributed by atoms with van der Waals surface area (Å²) in [6.07, 6.45) is 2.18. The number of nitrogens with one attached hydrogen (secondary N) is 1. The fourth-order valence-electron chi connectivity index (χ4n) is 1.74. The van der Waals surface area contributed by atoms with Crippen LogP contribution in [0.3, 0.4) is 0 Å². The first-order chi connectivity index (χ1) is 7.66. The number of benzene rings is 1. The second kappa shape index (κ2) is 5.36. The maximum absolute atomic E-state index is 13.5. The molecular weight excluding hydrogens is 296 g/mol. The molecule has 1 saturated heterocycles. The Bertz CT molecular complexity index is 357. The summed E-state index contributed by atoms with van der Waals surface area (Å²) in [7, 11) is 0. The molecule has 1 atom stereocenters. The van der Waals surface area contributed by atoms with Gasteiger partial charge in [0.05, 0.1) is 5.69 Å². The molecule has 1 aliphatic heterocycles. The highest BCUT2D eigenvalue weighted by Crippen LogP contribution is 2.29. The Balaban J connectivity index is 2.14. The van der Waals surface area contributed by atoms with E-state index in [1.165, 1.54) is 11.8 Å². The minimum absolute atomic E-state index is 0.273. The van der Waals surface area contributed by atoms with Crippen LogP contribution in [0.2, 0.25) is 0 Å². The summed E-state index contributed by atoms with van der Waals surface area (Å²) in [6, 6.07) is 2.46. The van der Waals surface area contributed by atoms with Crippen molar-refractivity contribution in [3.05, 3.63) is 28.2 Å².